The van der Waals surface area contributed by atoms with Gasteiger partial charge in [-0.2, -0.15) is 0 Å². The van der Waals surface area contributed by atoms with Crippen LogP contribution < -0.4 is 17.0 Å². The fourth-order valence-electron chi connectivity index (χ4n) is 1.32. The van der Waals surface area contributed by atoms with Crippen LogP contribution in [-0.4, -0.2) is 14.5 Å². The summed E-state index contributed by atoms with van der Waals surface area (Å²) in [6.07, 6.45) is 2.97. The number of nitrogens with zero attached hydrogens (tertiary/aromatic N) is 2. The van der Waals surface area contributed by atoms with E-state index in [4.69, 9.17) is 5.73 Å². The molecule has 0 fully saturated rings. The Morgan fingerprint density at radius 2 is 2.19 bits per heavy atom. The zero-order valence-electron chi connectivity index (χ0n) is 8.38. The Labute approximate surface area is 90.4 Å². The Kier molecular flexibility index (Phi) is 2.65. The second-order valence-electron chi connectivity index (χ2n) is 3.18. The van der Waals surface area contributed by atoms with E-state index in [0.29, 0.717) is 11.4 Å². The number of nitrogens with one attached hydrogen (secondary N) is 1. The lowest BCUT2D eigenvalue weighted by molar-refractivity contribution is 0.832. The number of nitrogens with two attached hydrogens (primary N) is 1. The average molecular weight is 218 g/mol. The van der Waals surface area contributed by atoms with Crippen molar-refractivity contribution in [3.8, 4) is 5.82 Å². The molecule has 16 heavy (non-hydrogen) atoms. The molecule has 0 aliphatic heterocycles. The summed E-state index contributed by atoms with van der Waals surface area (Å²) in [5.41, 5.74) is 4.74. The quantitative estimate of drug-likeness (QED) is 0.702. The van der Waals surface area contributed by atoms with Gasteiger partial charge in [0.15, 0.2) is 0 Å². The molecule has 0 unspecified atom stereocenters. The number of hydrogen-bond donors (Lipinski definition) is 2. The first-order chi connectivity index (χ1) is 7.72. The van der Waals surface area contributed by atoms with Crippen molar-refractivity contribution in [3.63, 3.8) is 0 Å². The highest BCUT2D eigenvalue weighted by molar-refractivity contribution is 5.22. The van der Waals surface area contributed by atoms with Crippen LogP contribution in [-0.2, 0) is 6.54 Å². The number of H-pyrrole nitrogens is 1. The van der Waals surface area contributed by atoms with Gasteiger partial charge >= 0.3 is 5.69 Å². The van der Waals surface area contributed by atoms with Gasteiger partial charge in [-0.3, -0.25) is 14.3 Å². The zero-order chi connectivity index (χ0) is 11.5. The molecule has 82 valence electrons. The van der Waals surface area contributed by atoms with E-state index in [0.717, 1.165) is 0 Å². The van der Waals surface area contributed by atoms with Gasteiger partial charge in [-0.1, -0.05) is 6.07 Å². The van der Waals surface area contributed by atoms with Crippen LogP contribution in [0.15, 0.2) is 40.2 Å². The maximum atomic E-state index is 11.5. The van der Waals surface area contributed by atoms with Crippen molar-refractivity contribution in [2.45, 2.75) is 6.54 Å². The third-order valence-corrected chi connectivity index (χ3v) is 2.13. The molecule has 0 atom stereocenters. The minimum atomic E-state index is -0.527. The highest BCUT2D eigenvalue weighted by Crippen LogP contribution is 1.98. The van der Waals surface area contributed by atoms with E-state index < -0.39 is 11.2 Å². The van der Waals surface area contributed by atoms with E-state index in [-0.39, 0.29) is 6.54 Å². The summed E-state index contributed by atoms with van der Waals surface area (Å²) >= 11 is 0. The molecule has 2 rings (SSSR count). The largest absolute Gasteiger partial charge is 0.334 e. The molecule has 0 saturated heterocycles. The second-order valence-corrected chi connectivity index (χ2v) is 3.18. The lowest BCUT2D eigenvalue weighted by Gasteiger charge is -2.04. The smallest absolute Gasteiger partial charge is 0.326 e. The Morgan fingerprint density at radius 3 is 2.81 bits per heavy atom. The van der Waals surface area contributed by atoms with Gasteiger partial charge in [0.1, 0.15) is 5.82 Å². The van der Waals surface area contributed by atoms with Crippen molar-refractivity contribution in [1.82, 2.24) is 14.5 Å². The van der Waals surface area contributed by atoms with E-state index in [1.54, 1.807) is 24.4 Å². The Balaban J connectivity index is 2.67. The van der Waals surface area contributed by atoms with Crippen LogP contribution in [0.1, 0.15) is 5.56 Å². The molecular formula is C10H10N4O2. The third kappa shape index (κ3) is 1.78. The SMILES string of the molecule is NCc1cn(-c2ccccn2)c(=O)[nH]c1=O. The molecular weight excluding hydrogens is 208 g/mol. The highest BCUT2D eigenvalue weighted by Gasteiger charge is 2.04. The summed E-state index contributed by atoms with van der Waals surface area (Å²) in [5, 5.41) is 0. The van der Waals surface area contributed by atoms with Gasteiger partial charge in [-0.05, 0) is 12.1 Å². The molecule has 0 aromatic carbocycles. The predicted molar refractivity (Wildman–Crippen MR) is 58.3 cm³/mol. The van der Waals surface area contributed by atoms with Gasteiger partial charge in [0.25, 0.3) is 5.56 Å². The first-order valence-electron chi connectivity index (χ1n) is 4.68. The lowest BCUT2D eigenvalue weighted by Crippen LogP contribution is -2.32. The molecule has 0 radical (unpaired) electrons. The standard InChI is InChI=1S/C10H10N4O2/c11-5-7-6-14(10(16)13-9(7)15)8-3-1-2-4-12-8/h1-4,6H,5,11H2,(H,13,15,16). The summed E-state index contributed by atoms with van der Waals surface area (Å²) in [6.45, 7) is 0.0719. The summed E-state index contributed by atoms with van der Waals surface area (Å²) in [7, 11) is 0. The number of aromatic nitrogens is 3. The molecule has 0 aliphatic carbocycles. The van der Waals surface area contributed by atoms with Crippen molar-refractivity contribution in [1.29, 1.82) is 0 Å². The first kappa shape index (κ1) is 10.3. The Hall–Kier alpha value is -2.21. The Bertz CT molecular complexity index is 600. The van der Waals surface area contributed by atoms with Gasteiger partial charge in [-0.25, -0.2) is 9.78 Å². The summed E-state index contributed by atoms with van der Waals surface area (Å²) in [6, 6.07) is 5.16. The second kappa shape index (κ2) is 4.11. The van der Waals surface area contributed by atoms with E-state index in [2.05, 4.69) is 9.97 Å². The highest BCUT2D eigenvalue weighted by atomic mass is 16.2. The topological polar surface area (TPSA) is 93.8 Å². The van der Waals surface area contributed by atoms with Crippen LogP contribution in [0, 0.1) is 0 Å². The molecule has 2 heterocycles. The van der Waals surface area contributed by atoms with Crippen molar-refractivity contribution < 1.29 is 0 Å². The normalized spacial score (nSPS) is 10.3. The molecule has 2 aromatic rings. The number of pyridine rings is 1. The minimum Gasteiger partial charge on any atom is -0.326 e. The van der Waals surface area contributed by atoms with E-state index in [1.807, 2.05) is 0 Å². The molecule has 0 saturated carbocycles. The fraction of sp³-hybridized carbons (Fsp3) is 0.100. The number of aromatic amines is 1. The van der Waals surface area contributed by atoms with Gasteiger partial charge < -0.3 is 5.73 Å². The summed E-state index contributed by atoms with van der Waals surface area (Å²) < 4.78 is 1.25. The van der Waals surface area contributed by atoms with E-state index in [1.165, 1.54) is 10.8 Å². The van der Waals surface area contributed by atoms with E-state index in [9.17, 15) is 9.59 Å². The van der Waals surface area contributed by atoms with E-state index >= 15 is 0 Å². The molecule has 0 bridgehead atoms. The van der Waals surface area contributed by atoms with Gasteiger partial charge in [0, 0.05) is 24.5 Å². The molecule has 0 aliphatic rings. The summed E-state index contributed by atoms with van der Waals surface area (Å²) in [4.78, 5) is 29.0. The maximum Gasteiger partial charge on any atom is 0.334 e. The molecule has 6 nitrogen and oxygen atoms in total. The minimum absolute atomic E-state index is 0.0719. The van der Waals surface area contributed by atoms with Crippen molar-refractivity contribution in [2.75, 3.05) is 0 Å². The number of rotatable bonds is 2. The fourth-order valence-corrected chi connectivity index (χ4v) is 1.32. The predicted octanol–water partition coefficient (Wildman–Crippen LogP) is -0.621. The first-order valence-corrected chi connectivity index (χ1v) is 4.68. The monoisotopic (exact) mass is 218 g/mol. The molecule has 0 spiro atoms. The number of hydrogen-bond acceptors (Lipinski definition) is 4. The van der Waals surface area contributed by atoms with Gasteiger partial charge in [-0.15, -0.1) is 0 Å². The zero-order valence-corrected chi connectivity index (χ0v) is 8.38. The van der Waals surface area contributed by atoms with Crippen LogP contribution in [0.25, 0.3) is 5.82 Å². The van der Waals surface area contributed by atoms with Crippen LogP contribution in [0.3, 0.4) is 0 Å². The molecule has 0 amide bonds. The van der Waals surface area contributed by atoms with Crippen LogP contribution >= 0.6 is 0 Å². The molecule has 3 N–H and O–H groups in total. The maximum absolute atomic E-state index is 11.5. The van der Waals surface area contributed by atoms with Crippen molar-refractivity contribution >= 4 is 0 Å². The summed E-state index contributed by atoms with van der Waals surface area (Å²) in [5.74, 6) is 0.443. The van der Waals surface area contributed by atoms with Crippen LogP contribution in [0.5, 0.6) is 0 Å². The molecule has 2 aromatic heterocycles. The molecule has 6 heteroatoms. The lowest BCUT2D eigenvalue weighted by atomic mass is 10.3. The third-order valence-electron chi connectivity index (χ3n) is 2.13. The average Bonchev–Trinajstić information content (AvgIpc) is 2.30. The van der Waals surface area contributed by atoms with Crippen LogP contribution in [0.2, 0.25) is 0 Å². The van der Waals surface area contributed by atoms with Crippen molar-refractivity contribution in [3.05, 3.63) is 57.0 Å². The van der Waals surface area contributed by atoms with Crippen molar-refractivity contribution in [2.24, 2.45) is 5.73 Å². The van der Waals surface area contributed by atoms with Gasteiger partial charge in [0.05, 0.1) is 0 Å². The van der Waals surface area contributed by atoms with Crippen LogP contribution in [0.4, 0.5) is 0 Å². The van der Waals surface area contributed by atoms with Gasteiger partial charge in [0.2, 0.25) is 0 Å². The Morgan fingerprint density at radius 1 is 1.38 bits per heavy atom.